The molecule has 2 N–H and O–H groups in total. The maximum atomic E-state index is 12.2. The Balaban J connectivity index is 1.46. The van der Waals surface area contributed by atoms with E-state index in [9.17, 15) is 9.90 Å². The van der Waals surface area contributed by atoms with Gasteiger partial charge in [0.05, 0.1) is 24.8 Å². The molecule has 2 heterocycles. The molecule has 1 fully saturated rings. The first kappa shape index (κ1) is 19.1. The number of aliphatic hydroxyl groups excluding tert-OH is 1. The van der Waals surface area contributed by atoms with Crippen LogP contribution in [0.5, 0.6) is 5.75 Å². The largest absolute Gasteiger partial charge is 0.497 e. The SMILES string of the molecule is COc1ccc(C=CCN2CCC(NC(=O)c3cccnc3)C(O)C2)cc1. The highest BCUT2D eigenvalue weighted by atomic mass is 16.5. The van der Waals surface area contributed by atoms with Gasteiger partial charge in [0, 0.05) is 32.0 Å². The van der Waals surface area contributed by atoms with Crippen molar-refractivity contribution in [2.45, 2.75) is 18.6 Å². The van der Waals surface area contributed by atoms with Crippen molar-refractivity contribution in [1.29, 1.82) is 0 Å². The summed E-state index contributed by atoms with van der Waals surface area (Å²) in [5.41, 5.74) is 1.62. The number of likely N-dealkylation sites (tertiary alicyclic amines) is 1. The fourth-order valence-electron chi connectivity index (χ4n) is 3.13. The van der Waals surface area contributed by atoms with E-state index in [0.29, 0.717) is 18.5 Å². The Hall–Kier alpha value is -2.70. The van der Waals surface area contributed by atoms with E-state index in [2.05, 4.69) is 27.4 Å². The fraction of sp³-hybridized carbons (Fsp3) is 0.333. The van der Waals surface area contributed by atoms with E-state index in [1.165, 1.54) is 6.20 Å². The highest BCUT2D eigenvalue weighted by Crippen LogP contribution is 2.14. The average Bonchev–Trinajstić information content (AvgIpc) is 2.71. The minimum Gasteiger partial charge on any atom is -0.497 e. The minimum absolute atomic E-state index is 0.194. The van der Waals surface area contributed by atoms with E-state index in [0.717, 1.165) is 24.4 Å². The van der Waals surface area contributed by atoms with Gasteiger partial charge in [-0.3, -0.25) is 14.7 Å². The highest BCUT2D eigenvalue weighted by molar-refractivity contribution is 5.94. The average molecular weight is 367 g/mol. The molecule has 1 aromatic carbocycles. The van der Waals surface area contributed by atoms with Crippen molar-refractivity contribution in [2.24, 2.45) is 0 Å². The number of methoxy groups -OCH3 is 1. The van der Waals surface area contributed by atoms with Crippen LogP contribution in [0.15, 0.2) is 54.9 Å². The zero-order valence-corrected chi connectivity index (χ0v) is 15.4. The van der Waals surface area contributed by atoms with Crippen LogP contribution in [-0.4, -0.2) is 59.8 Å². The van der Waals surface area contributed by atoms with Gasteiger partial charge in [-0.15, -0.1) is 0 Å². The molecular weight excluding hydrogens is 342 g/mol. The molecule has 2 unspecified atom stereocenters. The standard InChI is InChI=1S/C21H25N3O3/c1-27-18-8-6-16(7-9-18)4-3-12-24-13-10-19(20(25)15-24)23-21(26)17-5-2-11-22-14-17/h2-9,11,14,19-20,25H,10,12-13,15H2,1H3,(H,23,26). The maximum Gasteiger partial charge on any atom is 0.253 e. The van der Waals surface area contributed by atoms with E-state index < -0.39 is 6.10 Å². The number of rotatable bonds is 6. The number of amides is 1. The lowest BCUT2D eigenvalue weighted by atomic mass is 10.0. The lowest BCUT2D eigenvalue weighted by molar-refractivity contribution is 0.0422. The summed E-state index contributed by atoms with van der Waals surface area (Å²) in [6.07, 6.45) is 7.42. The van der Waals surface area contributed by atoms with Crippen molar-refractivity contribution < 1.29 is 14.6 Å². The van der Waals surface area contributed by atoms with Crippen LogP contribution >= 0.6 is 0 Å². The number of carbonyl (C=O) groups excluding carboxylic acids is 1. The molecule has 6 heteroatoms. The van der Waals surface area contributed by atoms with E-state index >= 15 is 0 Å². The number of nitrogens with one attached hydrogen (secondary N) is 1. The van der Waals surface area contributed by atoms with Crippen LogP contribution in [0.3, 0.4) is 0 Å². The van der Waals surface area contributed by atoms with Gasteiger partial charge in [0.2, 0.25) is 0 Å². The summed E-state index contributed by atoms with van der Waals surface area (Å²) in [4.78, 5) is 18.3. The van der Waals surface area contributed by atoms with Gasteiger partial charge < -0.3 is 15.2 Å². The summed E-state index contributed by atoms with van der Waals surface area (Å²) in [5.74, 6) is 0.644. The molecule has 0 spiro atoms. The number of pyridine rings is 1. The molecule has 1 aliphatic heterocycles. The van der Waals surface area contributed by atoms with E-state index in [1.807, 2.05) is 24.3 Å². The van der Waals surface area contributed by atoms with Gasteiger partial charge in [-0.05, 0) is 36.2 Å². The smallest absolute Gasteiger partial charge is 0.253 e. The minimum atomic E-state index is -0.589. The molecule has 3 rings (SSSR count). The number of carbonyl (C=O) groups is 1. The number of aliphatic hydroxyl groups is 1. The van der Waals surface area contributed by atoms with Crippen molar-refractivity contribution in [3.8, 4) is 5.75 Å². The summed E-state index contributed by atoms with van der Waals surface area (Å²) in [6, 6.07) is 11.1. The second-order valence-corrected chi connectivity index (χ2v) is 6.61. The Kier molecular flexibility index (Phi) is 6.57. The van der Waals surface area contributed by atoms with Gasteiger partial charge in [0.25, 0.3) is 5.91 Å². The van der Waals surface area contributed by atoms with Gasteiger partial charge in [0.1, 0.15) is 5.75 Å². The first-order valence-corrected chi connectivity index (χ1v) is 9.07. The fourth-order valence-corrected chi connectivity index (χ4v) is 3.13. The Morgan fingerprint density at radius 1 is 1.37 bits per heavy atom. The summed E-state index contributed by atoms with van der Waals surface area (Å²) in [7, 11) is 1.65. The first-order valence-electron chi connectivity index (χ1n) is 9.07. The molecule has 1 saturated heterocycles. The van der Waals surface area contributed by atoms with Crippen LogP contribution in [0.2, 0.25) is 0 Å². The maximum absolute atomic E-state index is 12.2. The topological polar surface area (TPSA) is 74.7 Å². The van der Waals surface area contributed by atoms with Gasteiger partial charge in [-0.2, -0.15) is 0 Å². The van der Waals surface area contributed by atoms with E-state index in [1.54, 1.807) is 25.4 Å². The molecule has 2 aromatic rings. The monoisotopic (exact) mass is 367 g/mol. The van der Waals surface area contributed by atoms with Crippen molar-refractivity contribution >= 4 is 12.0 Å². The number of piperidine rings is 1. The third-order valence-electron chi connectivity index (χ3n) is 4.70. The Morgan fingerprint density at radius 2 is 2.19 bits per heavy atom. The predicted octanol–water partition coefficient (Wildman–Crippen LogP) is 1.97. The number of ether oxygens (including phenoxy) is 1. The molecule has 142 valence electrons. The number of β-amino-alcohol motifs (C(OH)–C–C–N with tert-alkyl or cyclic N) is 1. The van der Waals surface area contributed by atoms with Crippen LogP contribution in [-0.2, 0) is 0 Å². The summed E-state index contributed by atoms with van der Waals surface area (Å²) >= 11 is 0. The van der Waals surface area contributed by atoms with Crippen LogP contribution < -0.4 is 10.1 Å². The zero-order chi connectivity index (χ0) is 19.1. The molecule has 0 bridgehead atoms. The van der Waals surface area contributed by atoms with Crippen molar-refractivity contribution in [3.63, 3.8) is 0 Å². The molecule has 0 aliphatic carbocycles. The van der Waals surface area contributed by atoms with Gasteiger partial charge in [-0.1, -0.05) is 24.3 Å². The number of hydrogen-bond donors (Lipinski definition) is 2. The summed E-state index contributed by atoms with van der Waals surface area (Å²) in [5, 5.41) is 13.3. The molecule has 1 aliphatic rings. The van der Waals surface area contributed by atoms with Crippen molar-refractivity contribution in [2.75, 3.05) is 26.7 Å². The molecule has 2 atom stereocenters. The van der Waals surface area contributed by atoms with Crippen molar-refractivity contribution in [3.05, 3.63) is 66.0 Å². The molecule has 27 heavy (non-hydrogen) atoms. The Morgan fingerprint density at radius 3 is 2.85 bits per heavy atom. The molecule has 6 nitrogen and oxygen atoms in total. The first-order chi connectivity index (χ1) is 13.2. The van der Waals surface area contributed by atoms with Crippen LogP contribution in [0.25, 0.3) is 6.08 Å². The normalized spacial score (nSPS) is 20.5. The lowest BCUT2D eigenvalue weighted by Crippen LogP contribution is -2.54. The summed E-state index contributed by atoms with van der Waals surface area (Å²) in [6.45, 7) is 2.11. The third kappa shape index (κ3) is 5.39. The lowest BCUT2D eigenvalue weighted by Gasteiger charge is -2.35. The molecule has 0 radical (unpaired) electrons. The predicted molar refractivity (Wildman–Crippen MR) is 105 cm³/mol. The van der Waals surface area contributed by atoms with Crippen molar-refractivity contribution in [1.82, 2.24) is 15.2 Å². The molecule has 0 saturated carbocycles. The Labute approximate surface area is 159 Å². The van der Waals surface area contributed by atoms with Gasteiger partial charge in [-0.25, -0.2) is 0 Å². The quantitative estimate of drug-likeness (QED) is 0.817. The molecular formula is C21H25N3O3. The number of aromatic nitrogens is 1. The van der Waals surface area contributed by atoms with Crippen LogP contribution in [0, 0.1) is 0 Å². The third-order valence-corrected chi connectivity index (χ3v) is 4.70. The molecule has 1 amide bonds. The number of nitrogens with zero attached hydrogens (tertiary/aromatic N) is 2. The number of benzene rings is 1. The molecule has 1 aromatic heterocycles. The van der Waals surface area contributed by atoms with Gasteiger partial charge in [0.15, 0.2) is 0 Å². The van der Waals surface area contributed by atoms with Crippen LogP contribution in [0.1, 0.15) is 22.3 Å². The van der Waals surface area contributed by atoms with E-state index in [4.69, 9.17) is 4.74 Å². The number of hydrogen-bond acceptors (Lipinski definition) is 5. The second-order valence-electron chi connectivity index (χ2n) is 6.61. The second kappa shape index (κ2) is 9.30. The van der Waals surface area contributed by atoms with E-state index in [-0.39, 0.29) is 11.9 Å². The zero-order valence-electron chi connectivity index (χ0n) is 15.4. The Bertz CT molecular complexity index is 762. The highest BCUT2D eigenvalue weighted by Gasteiger charge is 2.28. The van der Waals surface area contributed by atoms with Gasteiger partial charge >= 0.3 is 0 Å². The van der Waals surface area contributed by atoms with Crippen LogP contribution in [0.4, 0.5) is 0 Å². The summed E-state index contributed by atoms with van der Waals surface area (Å²) < 4.78 is 5.15.